The number of benzene rings is 1. The summed E-state index contributed by atoms with van der Waals surface area (Å²) in [6, 6.07) is 7.02. The van der Waals surface area contributed by atoms with E-state index in [2.05, 4.69) is 31.3 Å². The molecule has 1 unspecified atom stereocenters. The van der Waals surface area contributed by atoms with Gasteiger partial charge in [-0.25, -0.2) is 0 Å². The van der Waals surface area contributed by atoms with Gasteiger partial charge >= 0.3 is 5.97 Å². The van der Waals surface area contributed by atoms with Gasteiger partial charge in [0.2, 0.25) is 5.91 Å². The molecule has 7 heteroatoms. The molecule has 0 saturated heterocycles. The lowest BCUT2D eigenvalue weighted by molar-refractivity contribution is -0.141. The molecule has 0 aliphatic rings. The van der Waals surface area contributed by atoms with Gasteiger partial charge in [0.1, 0.15) is 0 Å². The van der Waals surface area contributed by atoms with Crippen LogP contribution in [0.5, 0.6) is 0 Å². The monoisotopic (exact) mass is 372 g/mol. The first-order valence-electron chi connectivity index (χ1n) is 6.88. The van der Waals surface area contributed by atoms with Crippen molar-refractivity contribution in [2.75, 3.05) is 33.9 Å². The van der Waals surface area contributed by atoms with E-state index in [0.29, 0.717) is 13.2 Å². The Morgan fingerprint density at radius 3 is 2.50 bits per heavy atom. The maximum atomic E-state index is 12.0. The van der Waals surface area contributed by atoms with Crippen LogP contribution in [0.1, 0.15) is 18.0 Å². The van der Waals surface area contributed by atoms with Crippen LogP contribution in [0, 0.1) is 0 Å². The van der Waals surface area contributed by atoms with Gasteiger partial charge in [0, 0.05) is 18.1 Å². The molecule has 1 aromatic rings. The highest BCUT2D eigenvalue weighted by Crippen LogP contribution is 2.20. The lowest BCUT2D eigenvalue weighted by atomic mass is 10.0. The van der Waals surface area contributed by atoms with Crippen molar-refractivity contribution in [1.29, 1.82) is 0 Å². The molecular formula is C15H21BrN2O4. The summed E-state index contributed by atoms with van der Waals surface area (Å²) in [5.41, 5.74) is 0.846. The minimum atomic E-state index is -0.419. The van der Waals surface area contributed by atoms with E-state index >= 15 is 0 Å². The zero-order valence-electron chi connectivity index (χ0n) is 12.7. The number of ether oxygens (including phenoxy) is 2. The van der Waals surface area contributed by atoms with E-state index in [-0.39, 0.29) is 24.8 Å². The van der Waals surface area contributed by atoms with E-state index in [4.69, 9.17) is 4.74 Å². The van der Waals surface area contributed by atoms with Crippen LogP contribution in [0.15, 0.2) is 28.7 Å². The van der Waals surface area contributed by atoms with E-state index in [1.165, 1.54) is 7.11 Å². The van der Waals surface area contributed by atoms with Crippen molar-refractivity contribution < 1.29 is 19.1 Å². The molecule has 0 radical (unpaired) electrons. The number of methoxy groups -OCH3 is 2. The zero-order valence-corrected chi connectivity index (χ0v) is 14.3. The number of carbonyl (C=O) groups is 2. The van der Waals surface area contributed by atoms with Crippen molar-refractivity contribution in [3.8, 4) is 0 Å². The third-order valence-corrected chi connectivity index (χ3v) is 3.50. The van der Waals surface area contributed by atoms with Crippen molar-refractivity contribution in [3.05, 3.63) is 34.3 Å². The predicted molar refractivity (Wildman–Crippen MR) is 86.4 cm³/mol. The Bertz CT molecular complexity index is 479. The number of esters is 1. The van der Waals surface area contributed by atoms with Gasteiger partial charge in [0.05, 0.1) is 32.7 Å². The third-order valence-electron chi connectivity index (χ3n) is 2.97. The minimum Gasteiger partial charge on any atom is -0.469 e. The largest absolute Gasteiger partial charge is 0.469 e. The predicted octanol–water partition coefficient (Wildman–Crippen LogP) is 1.41. The number of amides is 1. The summed E-state index contributed by atoms with van der Waals surface area (Å²) in [5.74, 6) is -0.562. The van der Waals surface area contributed by atoms with Crippen molar-refractivity contribution in [2.45, 2.75) is 12.5 Å². The van der Waals surface area contributed by atoms with Crippen LogP contribution in [0.3, 0.4) is 0 Å². The third kappa shape index (κ3) is 7.02. The number of halogens is 1. The summed E-state index contributed by atoms with van der Waals surface area (Å²) >= 11 is 3.36. The Labute approximate surface area is 138 Å². The normalized spacial score (nSPS) is 11.8. The number of hydrogen-bond donors (Lipinski definition) is 2. The molecular weight excluding hydrogens is 352 g/mol. The van der Waals surface area contributed by atoms with E-state index in [0.717, 1.165) is 10.0 Å². The second-order valence-electron chi connectivity index (χ2n) is 4.62. The summed E-state index contributed by atoms with van der Waals surface area (Å²) in [4.78, 5) is 23.5. The van der Waals surface area contributed by atoms with Gasteiger partial charge < -0.3 is 20.1 Å². The molecule has 1 amide bonds. The first kappa shape index (κ1) is 18.6. The molecule has 22 heavy (non-hydrogen) atoms. The van der Waals surface area contributed by atoms with Crippen LogP contribution in [0.4, 0.5) is 0 Å². The summed E-state index contributed by atoms with van der Waals surface area (Å²) in [7, 11) is 2.93. The van der Waals surface area contributed by atoms with Gasteiger partial charge in [-0.2, -0.15) is 0 Å². The highest BCUT2D eigenvalue weighted by molar-refractivity contribution is 9.10. The first-order chi connectivity index (χ1) is 10.6. The van der Waals surface area contributed by atoms with Gasteiger partial charge in [-0.1, -0.05) is 28.1 Å². The van der Waals surface area contributed by atoms with Crippen LogP contribution in [0.2, 0.25) is 0 Å². The van der Waals surface area contributed by atoms with Gasteiger partial charge in [-0.05, 0) is 17.7 Å². The molecule has 122 valence electrons. The smallest absolute Gasteiger partial charge is 0.307 e. The molecule has 0 fully saturated rings. The first-order valence-corrected chi connectivity index (χ1v) is 7.67. The number of carbonyl (C=O) groups excluding carboxylic acids is 2. The topological polar surface area (TPSA) is 76.7 Å². The van der Waals surface area contributed by atoms with Crippen LogP contribution in [-0.2, 0) is 19.1 Å². The van der Waals surface area contributed by atoms with Gasteiger partial charge in [0.15, 0.2) is 0 Å². The van der Waals surface area contributed by atoms with E-state index in [1.54, 1.807) is 7.11 Å². The quantitative estimate of drug-likeness (QED) is 0.506. The Hall–Kier alpha value is -1.44. The molecule has 0 bridgehead atoms. The fourth-order valence-corrected chi connectivity index (χ4v) is 2.08. The molecule has 0 aliphatic carbocycles. The van der Waals surface area contributed by atoms with Gasteiger partial charge in [-0.3, -0.25) is 9.59 Å². The number of nitrogens with one attached hydrogen (secondary N) is 2. The molecule has 1 aromatic carbocycles. The van der Waals surface area contributed by atoms with E-state index in [1.807, 2.05) is 24.3 Å². The number of rotatable bonds is 9. The summed E-state index contributed by atoms with van der Waals surface area (Å²) in [5, 5.41) is 5.80. The molecule has 6 nitrogen and oxygen atoms in total. The summed E-state index contributed by atoms with van der Waals surface area (Å²) in [6.07, 6.45) is 0.0853. The van der Waals surface area contributed by atoms with Gasteiger partial charge in [0.25, 0.3) is 0 Å². The molecule has 0 saturated carbocycles. The Morgan fingerprint density at radius 1 is 1.23 bits per heavy atom. The van der Waals surface area contributed by atoms with Crippen LogP contribution in [0.25, 0.3) is 0 Å². The fourth-order valence-electron chi connectivity index (χ4n) is 1.82. The Kier molecular flexibility index (Phi) is 8.72. The number of hydrogen-bond acceptors (Lipinski definition) is 5. The summed E-state index contributed by atoms with van der Waals surface area (Å²) < 4.78 is 10.5. The van der Waals surface area contributed by atoms with Crippen molar-refractivity contribution in [3.63, 3.8) is 0 Å². The fraction of sp³-hybridized carbons (Fsp3) is 0.467. The lowest BCUT2D eigenvalue weighted by Crippen LogP contribution is -2.38. The van der Waals surface area contributed by atoms with Crippen molar-refractivity contribution >= 4 is 27.8 Å². The minimum absolute atomic E-state index is 0.0853. The van der Waals surface area contributed by atoms with Crippen molar-refractivity contribution in [1.82, 2.24) is 10.6 Å². The second-order valence-corrected chi connectivity index (χ2v) is 5.54. The van der Waals surface area contributed by atoms with Crippen LogP contribution >= 0.6 is 15.9 Å². The van der Waals surface area contributed by atoms with Crippen molar-refractivity contribution in [2.24, 2.45) is 0 Å². The lowest BCUT2D eigenvalue weighted by Gasteiger charge is -2.18. The average Bonchev–Trinajstić information content (AvgIpc) is 2.51. The van der Waals surface area contributed by atoms with Crippen LogP contribution in [-0.4, -0.2) is 45.8 Å². The second kappa shape index (κ2) is 10.3. The molecule has 0 spiro atoms. The van der Waals surface area contributed by atoms with E-state index < -0.39 is 6.04 Å². The summed E-state index contributed by atoms with van der Waals surface area (Å²) in [6.45, 7) is 1.28. The van der Waals surface area contributed by atoms with E-state index in [9.17, 15) is 9.59 Å². The molecule has 0 aromatic heterocycles. The molecule has 2 N–H and O–H groups in total. The molecule has 1 atom stereocenters. The van der Waals surface area contributed by atoms with Gasteiger partial charge in [-0.15, -0.1) is 0 Å². The van der Waals surface area contributed by atoms with Crippen LogP contribution < -0.4 is 10.6 Å². The average molecular weight is 373 g/mol. The maximum Gasteiger partial charge on any atom is 0.307 e. The standard InChI is InChI=1S/C15H21BrN2O4/c1-21-8-7-17-10-14(19)18-13(9-15(20)22-2)11-3-5-12(16)6-4-11/h3-6,13,17H,7-10H2,1-2H3,(H,18,19). The SMILES string of the molecule is COCCNCC(=O)NC(CC(=O)OC)c1ccc(Br)cc1. The Morgan fingerprint density at radius 2 is 1.91 bits per heavy atom. The maximum absolute atomic E-state index is 12.0. The highest BCUT2D eigenvalue weighted by atomic mass is 79.9. The zero-order chi connectivity index (χ0) is 16.4. The molecule has 0 heterocycles. The molecule has 0 aliphatic heterocycles. The Balaban J connectivity index is 2.63. The highest BCUT2D eigenvalue weighted by Gasteiger charge is 2.18. The molecule has 1 rings (SSSR count).